The molecule has 0 aliphatic carbocycles. The molecular weight excluding hydrogens is 223 g/mol. The van der Waals surface area contributed by atoms with E-state index < -0.39 is 0 Å². The number of thiol groups is 1. The van der Waals surface area contributed by atoms with Gasteiger partial charge in [0.15, 0.2) is 0 Å². The second-order valence-corrected chi connectivity index (χ2v) is 4.31. The SMILES string of the molecule is CCCC(CS)COCc1ccccc1F. The highest BCUT2D eigenvalue weighted by Crippen LogP contribution is 2.12. The number of halogens is 1. The highest BCUT2D eigenvalue weighted by molar-refractivity contribution is 7.80. The van der Waals surface area contributed by atoms with Crippen LogP contribution < -0.4 is 0 Å². The van der Waals surface area contributed by atoms with Crippen molar-refractivity contribution in [3.63, 3.8) is 0 Å². The third-order valence-corrected chi connectivity index (χ3v) is 3.04. The monoisotopic (exact) mass is 242 g/mol. The van der Waals surface area contributed by atoms with Crippen LogP contribution in [0.5, 0.6) is 0 Å². The summed E-state index contributed by atoms with van der Waals surface area (Å²) in [7, 11) is 0. The van der Waals surface area contributed by atoms with Gasteiger partial charge in [0.05, 0.1) is 13.2 Å². The molecule has 0 aliphatic heterocycles. The Bertz CT molecular complexity index is 304. The summed E-state index contributed by atoms with van der Waals surface area (Å²) in [5.41, 5.74) is 0.622. The van der Waals surface area contributed by atoms with Crippen molar-refractivity contribution in [2.45, 2.75) is 26.4 Å². The molecule has 0 heterocycles. The Morgan fingerprint density at radius 3 is 2.75 bits per heavy atom. The van der Waals surface area contributed by atoms with Crippen LogP contribution in [0.4, 0.5) is 4.39 Å². The van der Waals surface area contributed by atoms with Gasteiger partial charge in [0, 0.05) is 5.56 Å². The Balaban J connectivity index is 2.32. The van der Waals surface area contributed by atoms with Gasteiger partial charge < -0.3 is 4.74 Å². The highest BCUT2D eigenvalue weighted by atomic mass is 32.1. The summed E-state index contributed by atoms with van der Waals surface area (Å²) >= 11 is 4.28. The molecule has 90 valence electrons. The van der Waals surface area contributed by atoms with E-state index in [9.17, 15) is 4.39 Å². The molecule has 0 saturated heterocycles. The zero-order valence-corrected chi connectivity index (χ0v) is 10.6. The van der Waals surface area contributed by atoms with Crippen LogP contribution >= 0.6 is 12.6 Å². The maximum absolute atomic E-state index is 13.2. The van der Waals surface area contributed by atoms with Gasteiger partial charge >= 0.3 is 0 Å². The lowest BCUT2D eigenvalue weighted by Crippen LogP contribution is -2.11. The molecule has 0 aliphatic rings. The molecule has 1 nitrogen and oxygen atoms in total. The van der Waals surface area contributed by atoms with Gasteiger partial charge in [-0.25, -0.2) is 4.39 Å². The van der Waals surface area contributed by atoms with E-state index in [0.717, 1.165) is 18.6 Å². The van der Waals surface area contributed by atoms with Crippen molar-refractivity contribution in [1.29, 1.82) is 0 Å². The van der Waals surface area contributed by atoms with Crippen molar-refractivity contribution in [3.8, 4) is 0 Å². The normalized spacial score (nSPS) is 12.7. The van der Waals surface area contributed by atoms with Crippen molar-refractivity contribution >= 4 is 12.6 Å². The Morgan fingerprint density at radius 2 is 2.12 bits per heavy atom. The minimum absolute atomic E-state index is 0.194. The van der Waals surface area contributed by atoms with Crippen LogP contribution in [0.1, 0.15) is 25.3 Å². The molecule has 1 rings (SSSR count). The predicted molar refractivity (Wildman–Crippen MR) is 68.3 cm³/mol. The van der Waals surface area contributed by atoms with Crippen LogP contribution in [0.2, 0.25) is 0 Å². The molecule has 0 radical (unpaired) electrons. The maximum Gasteiger partial charge on any atom is 0.128 e. The molecule has 1 atom stereocenters. The lowest BCUT2D eigenvalue weighted by Gasteiger charge is -2.13. The van der Waals surface area contributed by atoms with Gasteiger partial charge in [-0.2, -0.15) is 12.6 Å². The molecule has 0 bridgehead atoms. The first kappa shape index (κ1) is 13.5. The summed E-state index contributed by atoms with van der Waals surface area (Å²) in [6, 6.07) is 6.72. The van der Waals surface area contributed by atoms with Gasteiger partial charge in [-0.1, -0.05) is 31.5 Å². The van der Waals surface area contributed by atoms with Gasteiger partial charge in [0.2, 0.25) is 0 Å². The van der Waals surface area contributed by atoms with Crippen LogP contribution in [0, 0.1) is 11.7 Å². The average Bonchev–Trinajstić information content (AvgIpc) is 2.30. The maximum atomic E-state index is 13.2. The van der Waals surface area contributed by atoms with Gasteiger partial charge in [-0.15, -0.1) is 0 Å². The number of benzene rings is 1. The quantitative estimate of drug-likeness (QED) is 0.717. The van der Waals surface area contributed by atoms with E-state index >= 15 is 0 Å². The Kier molecular flexibility index (Phi) is 6.50. The summed E-state index contributed by atoms with van der Waals surface area (Å²) in [6.45, 7) is 3.15. The molecule has 3 heteroatoms. The summed E-state index contributed by atoms with van der Waals surface area (Å²) < 4.78 is 18.8. The third-order valence-electron chi connectivity index (χ3n) is 2.52. The van der Waals surface area contributed by atoms with Crippen LogP contribution in [0.25, 0.3) is 0 Å². The molecule has 0 aromatic heterocycles. The molecule has 0 saturated carbocycles. The van der Waals surface area contributed by atoms with Crippen LogP contribution in [-0.2, 0) is 11.3 Å². The topological polar surface area (TPSA) is 9.23 Å². The minimum atomic E-state index is -0.194. The van der Waals surface area contributed by atoms with Crippen molar-refractivity contribution in [2.24, 2.45) is 5.92 Å². The van der Waals surface area contributed by atoms with E-state index in [1.54, 1.807) is 12.1 Å². The third kappa shape index (κ3) is 4.54. The number of hydrogen-bond acceptors (Lipinski definition) is 2. The van der Waals surface area contributed by atoms with Crippen LogP contribution in [-0.4, -0.2) is 12.4 Å². The van der Waals surface area contributed by atoms with Crippen molar-refractivity contribution in [1.82, 2.24) is 0 Å². The Labute approximate surface area is 102 Å². The smallest absolute Gasteiger partial charge is 0.128 e. The second kappa shape index (κ2) is 7.69. The van der Waals surface area contributed by atoms with E-state index in [0.29, 0.717) is 24.7 Å². The minimum Gasteiger partial charge on any atom is -0.376 e. The molecule has 1 aromatic carbocycles. The first-order valence-corrected chi connectivity index (χ1v) is 6.33. The lowest BCUT2D eigenvalue weighted by molar-refractivity contribution is 0.0889. The predicted octanol–water partition coefficient (Wildman–Crippen LogP) is 3.69. The van der Waals surface area contributed by atoms with E-state index in [-0.39, 0.29) is 5.82 Å². The molecule has 0 amide bonds. The van der Waals surface area contributed by atoms with Gasteiger partial charge in [-0.3, -0.25) is 0 Å². The lowest BCUT2D eigenvalue weighted by atomic mass is 10.1. The first-order valence-electron chi connectivity index (χ1n) is 5.70. The second-order valence-electron chi connectivity index (χ2n) is 3.94. The van der Waals surface area contributed by atoms with E-state index in [1.165, 1.54) is 6.07 Å². The van der Waals surface area contributed by atoms with Gasteiger partial charge in [0.25, 0.3) is 0 Å². The zero-order valence-electron chi connectivity index (χ0n) is 9.66. The van der Waals surface area contributed by atoms with Crippen molar-refractivity contribution in [2.75, 3.05) is 12.4 Å². The fourth-order valence-corrected chi connectivity index (χ4v) is 1.87. The summed E-state index contributed by atoms with van der Waals surface area (Å²) in [4.78, 5) is 0. The summed E-state index contributed by atoms with van der Waals surface area (Å²) in [5, 5.41) is 0. The Morgan fingerprint density at radius 1 is 1.38 bits per heavy atom. The molecule has 16 heavy (non-hydrogen) atoms. The molecular formula is C13H19FOS. The van der Waals surface area contributed by atoms with E-state index in [2.05, 4.69) is 19.6 Å². The van der Waals surface area contributed by atoms with Crippen LogP contribution in [0.3, 0.4) is 0 Å². The number of rotatable bonds is 7. The van der Waals surface area contributed by atoms with Gasteiger partial charge in [-0.05, 0) is 24.2 Å². The molecule has 0 N–H and O–H groups in total. The van der Waals surface area contributed by atoms with Crippen molar-refractivity contribution in [3.05, 3.63) is 35.6 Å². The fourth-order valence-electron chi connectivity index (χ4n) is 1.59. The number of ether oxygens (including phenoxy) is 1. The molecule has 1 unspecified atom stereocenters. The fraction of sp³-hybridized carbons (Fsp3) is 0.538. The highest BCUT2D eigenvalue weighted by Gasteiger charge is 2.06. The molecule has 1 aromatic rings. The summed E-state index contributed by atoms with van der Waals surface area (Å²) in [5.74, 6) is 1.10. The standard InChI is InChI=1S/C13H19FOS/c1-2-5-11(10-16)8-15-9-12-6-3-4-7-13(12)14/h3-4,6-7,11,16H,2,5,8-10H2,1H3. The largest absolute Gasteiger partial charge is 0.376 e. The van der Waals surface area contributed by atoms with E-state index in [4.69, 9.17) is 4.74 Å². The van der Waals surface area contributed by atoms with Gasteiger partial charge in [0.1, 0.15) is 5.82 Å². The number of hydrogen-bond donors (Lipinski definition) is 1. The first-order chi connectivity index (χ1) is 7.77. The van der Waals surface area contributed by atoms with E-state index in [1.807, 2.05) is 6.07 Å². The average molecular weight is 242 g/mol. The summed E-state index contributed by atoms with van der Waals surface area (Å²) in [6.07, 6.45) is 2.25. The van der Waals surface area contributed by atoms with Crippen LogP contribution in [0.15, 0.2) is 24.3 Å². The molecule has 0 fully saturated rings. The molecule has 0 spiro atoms. The Hall–Kier alpha value is -0.540. The van der Waals surface area contributed by atoms with Crippen molar-refractivity contribution < 1.29 is 9.13 Å². The zero-order chi connectivity index (χ0) is 11.8.